The summed E-state index contributed by atoms with van der Waals surface area (Å²) in [5.41, 5.74) is 1.50. The van der Waals surface area contributed by atoms with Crippen molar-refractivity contribution >= 4 is 35.1 Å². The lowest BCUT2D eigenvalue weighted by molar-refractivity contribution is -0.142. The summed E-state index contributed by atoms with van der Waals surface area (Å²) in [6, 6.07) is 21.1. The molecule has 1 amide bonds. The number of benzene rings is 3. The van der Waals surface area contributed by atoms with Gasteiger partial charge >= 0.3 is 11.9 Å². The first-order valence-corrected chi connectivity index (χ1v) is 12.3. The zero-order chi connectivity index (χ0) is 28.2. The average Bonchev–Trinajstić information content (AvgIpc) is 2.96. The van der Waals surface area contributed by atoms with Crippen molar-refractivity contribution in [3.05, 3.63) is 95.6 Å². The molecule has 3 aromatic rings. The minimum atomic E-state index is -0.953. The Morgan fingerprint density at radius 3 is 2.18 bits per heavy atom. The molecule has 39 heavy (non-hydrogen) atoms. The summed E-state index contributed by atoms with van der Waals surface area (Å²) in [5, 5.41) is 2.68. The molecule has 0 aliphatic carbocycles. The Morgan fingerprint density at radius 2 is 1.49 bits per heavy atom. The highest BCUT2D eigenvalue weighted by Crippen LogP contribution is 2.15. The number of ether oxygens (including phenoxy) is 3. The van der Waals surface area contributed by atoms with Crippen LogP contribution in [-0.2, 0) is 19.1 Å². The van der Waals surface area contributed by atoms with E-state index in [0.717, 1.165) is 0 Å². The van der Waals surface area contributed by atoms with Gasteiger partial charge in [0.1, 0.15) is 5.75 Å². The van der Waals surface area contributed by atoms with Crippen LogP contribution < -0.4 is 10.1 Å². The number of hydrogen-bond donors (Lipinski definition) is 1. The van der Waals surface area contributed by atoms with Gasteiger partial charge in [0.25, 0.3) is 0 Å². The molecule has 1 atom stereocenters. The summed E-state index contributed by atoms with van der Waals surface area (Å²) in [6.45, 7) is 1.11. The molecule has 0 aliphatic rings. The summed E-state index contributed by atoms with van der Waals surface area (Å²) in [5.74, 6) is -1.70. The number of rotatable bonds is 13. The summed E-state index contributed by atoms with van der Waals surface area (Å²) in [7, 11) is 1.49. The van der Waals surface area contributed by atoms with Crippen molar-refractivity contribution in [2.75, 3.05) is 19.0 Å². The van der Waals surface area contributed by atoms with Crippen LogP contribution >= 0.6 is 0 Å². The third kappa shape index (κ3) is 8.92. The number of esters is 2. The largest absolute Gasteiger partial charge is 0.497 e. The van der Waals surface area contributed by atoms with E-state index in [2.05, 4.69) is 5.32 Å². The van der Waals surface area contributed by atoms with Gasteiger partial charge in [-0.2, -0.15) is 0 Å². The van der Waals surface area contributed by atoms with E-state index in [1.807, 2.05) is 0 Å². The summed E-state index contributed by atoms with van der Waals surface area (Å²) in [4.78, 5) is 61.1. The molecule has 202 valence electrons. The van der Waals surface area contributed by atoms with E-state index < -0.39 is 24.6 Å². The normalized spacial score (nSPS) is 11.1. The number of methoxy groups -OCH3 is 1. The number of carbonyl (C=O) groups excluding carboxylic acids is 5. The fraction of sp³-hybridized carbons (Fsp3) is 0.233. The van der Waals surface area contributed by atoms with Gasteiger partial charge in [-0.25, -0.2) is 4.79 Å². The average molecular weight is 532 g/mol. The van der Waals surface area contributed by atoms with Gasteiger partial charge in [-0.15, -0.1) is 0 Å². The van der Waals surface area contributed by atoms with Crippen LogP contribution in [0.3, 0.4) is 0 Å². The zero-order valence-corrected chi connectivity index (χ0v) is 21.7. The van der Waals surface area contributed by atoms with Gasteiger partial charge in [0.15, 0.2) is 18.5 Å². The Kier molecular flexibility index (Phi) is 10.5. The summed E-state index contributed by atoms with van der Waals surface area (Å²) in [6.07, 6.45) is -0.688. The number of nitrogens with one attached hydrogen (secondary N) is 1. The van der Waals surface area contributed by atoms with Gasteiger partial charge in [-0.05, 0) is 49.7 Å². The third-order valence-electron chi connectivity index (χ3n) is 5.66. The monoisotopic (exact) mass is 531 g/mol. The molecular formula is C30H29NO8. The van der Waals surface area contributed by atoms with E-state index in [0.29, 0.717) is 22.6 Å². The molecule has 9 heteroatoms. The smallest absolute Gasteiger partial charge is 0.338 e. The number of hydrogen-bond acceptors (Lipinski definition) is 8. The molecule has 3 rings (SSSR count). The van der Waals surface area contributed by atoms with Crippen LogP contribution in [0, 0.1) is 0 Å². The lowest BCUT2D eigenvalue weighted by Crippen LogP contribution is -2.24. The Hall–Kier alpha value is -4.79. The van der Waals surface area contributed by atoms with Crippen molar-refractivity contribution in [3.63, 3.8) is 0 Å². The molecule has 0 heterocycles. The predicted octanol–water partition coefficient (Wildman–Crippen LogP) is 4.66. The summed E-state index contributed by atoms with van der Waals surface area (Å²) < 4.78 is 15.4. The molecule has 0 fully saturated rings. The van der Waals surface area contributed by atoms with E-state index in [1.165, 1.54) is 38.3 Å². The van der Waals surface area contributed by atoms with E-state index in [4.69, 9.17) is 14.2 Å². The van der Waals surface area contributed by atoms with Gasteiger partial charge in [0, 0.05) is 29.7 Å². The topological polar surface area (TPSA) is 125 Å². The maximum atomic E-state index is 12.4. The van der Waals surface area contributed by atoms with Crippen LogP contribution in [0.2, 0.25) is 0 Å². The second kappa shape index (κ2) is 14.2. The minimum absolute atomic E-state index is 0.0243. The van der Waals surface area contributed by atoms with Crippen LogP contribution in [-0.4, -0.2) is 49.2 Å². The number of Topliss-reactive ketones (excluding diaryl/α,β-unsaturated/α-hetero) is 2. The molecule has 0 saturated heterocycles. The highest BCUT2D eigenvalue weighted by Gasteiger charge is 2.20. The molecule has 0 unspecified atom stereocenters. The molecular weight excluding hydrogens is 502 g/mol. The Bertz CT molecular complexity index is 1320. The number of anilines is 1. The van der Waals surface area contributed by atoms with Crippen LogP contribution in [0.1, 0.15) is 57.3 Å². The molecule has 0 bridgehead atoms. The second-order valence-corrected chi connectivity index (χ2v) is 8.57. The Labute approximate surface area is 226 Å². The maximum absolute atomic E-state index is 12.4. The highest BCUT2D eigenvalue weighted by atomic mass is 16.5. The quantitative estimate of drug-likeness (QED) is 0.249. The van der Waals surface area contributed by atoms with Crippen LogP contribution in [0.5, 0.6) is 5.75 Å². The van der Waals surface area contributed by atoms with E-state index in [9.17, 15) is 24.0 Å². The van der Waals surface area contributed by atoms with E-state index in [1.54, 1.807) is 54.6 Å². The lowest BCUT2D eigenvalue weighted by Gasteiger charge is -2.12. The van der Waals surface area contributed by atoms with Crippen LogP contribution in [0.25, 0.3) is 0 Å². The first-order valence-electron chi connectivity index (χ1n) is 12.3. The van der Waals surface area contributed by atoms with Crippen molar-refractivity contribution in [2.45, 2.75) is 32.3 Å². The second-order valence-electron chi connectivity index (χ2n) is 8.57. The molecule has 0 radical (unpaired) electrons. The van der Waals surface area contributed by atoms with Crippen LogP contribution in [0.15, 0.2) is 78.9 Å². The molecule has 1 N–H and O–H groups in total. The van der Waals surface area contributed by atoms with Gasteiger partial charge in [-0.1, -0.05) is 42.5 Å². The summed E-state index contributed by atoms with van der Waals surface area (Å²) >= 11 is 0. The van der Waals surface area contributed by atoms with Crippen molar-refractivity contribution in [1.29, 1.82) is 0 Å². The van der Waals surface area contributed by atoms with Gasteiger partial charge in [0.05, 0.1) is 12.7 Å². The third-order valence-corrected chi connectivity index (χ3v) is 5.66. The number of carbonyl (C=O) groups is 5. The van der Waals surface area contributed by atoms with E-state index in [-0.39, 0.29) is 42.3 Å². The standard InChI is InChI=1S/C30H29NO8/c1-20(29(35)21-8-4-3-5-9-21)39-30(36)22-14-16-24(17-15-22)31-27(33)12-7-13-28(34)38-19-26(32)23-10-6-11-25(18-23)37-2/h3-6,8-11,14-18,20H,7,12-13,19H2,1-2H3,(H,31,33)/t20-/m1/s1. The van der Waals surface area contributed by atoms with Crippen molar-refractivity contribution in [1.82, 2.24) is 0 Å². The fourth-order valence-electron chi connectivity index (χ4n) is 3.52. The molecule has 0 spiro atoms. The van der Waals surface area contributed by atoms with Gasteiger partial charge in [0.2, 0.25) is 11.7 Å². The van der Waals surface area contributed by atoms with Gasteiger partial charge < -0.3 is 19.5 Å². The fourth-order valence-corrected chi connectivity index (χ4v) is 3.52. The highest BCUT2D eigenvalue weighted by molar-refractivity contribution is 6.01. The lowest BCUT2D eigenvalue weighted by atomic mass is 10.1. The van der Waals surface area contributed by atoms with E-state index >= 15 is 0 Å². The number of amides is 1. The minimum Gasteiger partial charge on any atom is -0.497 e. The Morgan fingerprint density at radius 1 is 0.795 bits per heavy atom. The first-order chi connectivity index (χ1) is 18.8. The maximum Gasteiger partial charge on any atom is 0.338 e. The van der Waals surface area contributed by atoms with Crippen molar-refractivity contribution in [2.24, 2.45) is 0 Å². The molecule has 3 aromatic carbocycles. The molecule has 9 nitrogen and oxygen atoms in total. The molecule has 0 aliphatic heterocycles. The first kappa shape index (κ1) is 28.8. The molecule has 0 aromatic heterocycles. The number of ketones is 2. The van der Waals surface area contributed by atoms with Crippen LogP contribution in [0.4, 0.5) is 5.69 Å². The predicted molar refractivity (Wildman–Crippen MR) is 143 cm³/mol. The van der Waals surface area contributed by atoms with Crippen molar-refractivity contribution < 1.29 is 38.2 Å². The zero-order valence-electron chi connectivity index (χ0n) is 21.7. The van der Waals surface area contributed by atoms with Crippen molar-refractivity contribution in [3.8, 4) is 5.75 Å². The Balaban J connectivity index is 1.37. The van der Waals surface area contributed by atoms with Gasteiger partial charge in [-0.3, -0.25) is 19.2 Å². The molecule has 0 saturated carbocycles. The SMILES string of the molecule is COc1cccc(C(=O)COC(=O)CCCC(=O)Nc2ccc(C(=O)O[C@H](C)C(=O)c3ccccc3)cc2)c1.